The van der Waals surface area contributed by atoms with Crippen LogP contribution >= 0.6 is 22.7 Å². The van der Waals surface area contributed by atoms with Gasteiger partial charge in [0.15, 0.2) is 0 Å². The normalized spacial score (nSPS) is 19.4. The smallest absolute Gasteiger partial charge is 0.226 e. The number of aryl methyl sites for hydroxylation is 1. The first-order valence-electron chi connectivity index (χ1n) is 8.03. The number of amides is 1. The second-order valence-electron chi connectivity index (χ2n) is 6.25. The lowest BCUT2D eigenvalue weighted by Gasteiger charge is -2.22. The summed E-state index contributed by atoms with van der Waals surface area (Å²) in [7, 11) is 1.92. The molecule has 0 bridgehead atoms. The van der Waals surface area contributed by atoms with E-state index in [1.807, 2.05) is 41.2 Å². The number of nitrogens with zero attached hydrogens (tertiary/aromatic N) is 3. The lowest BCUT2D eigenvalue weighted by molar-refractivity contribution is -0.133. The third-order valence-electron chi connectivity index (χ3n) is 4.43. The Morgan fingerprint density at radius 1 is 1.25 bits per heavy atom. The maximum atomic E-state index is 13.1. The van der Waals surface area contributed by atoms with Crippen LogP contribution in [0, 0.1) is 5.92 Å². The minimum atomic E-state index is 0.106. The third kappa shape index (κ3) is 3.30. The van der Waals surface area contributed by atoms with Gasteiger partial charge in [-0.15, -0.1) is 22.7 Å². The minimum absolute atomic E-state index is 0.106. The van der Waals surface area contributed by atoms with Gasteiger partial charge in [0.25, 0.3) is 0 Å². The molecule has 4 rings (SSSR count). The largest absolute Gasteiger partial charge is 0.332 e. The van der Waals surface area contributed by atoms with Gasteiger partial charge in [0.2, 0.25) is 5.91 Å². The lowest BCUT2D eigenvalue weighted by atomic mass is 10.2. The molecular formula is C18H19N3OS2. The first kappa shape index (κ1) is 15.6. The number of hydrogen-bond donors (Lipinski definition) is 0. The Hall–Kier alpha value is -1.92. The van der Waals surface area contributed by atoms with Crippen molar-refractivity contribution in [2.75, 3.05) is 0 Å². The molecule has 3 aromatic rings. The van der Waals surface area contributed by atoms with Crippen molar-refractivity contribution in [3.05, 3.63) is 62.7 Å². The molecule has 0 radical (unpaired) electrons. The molecule has 6 heteroatoms. The Morgan fingerprint density at radius 3 is 2.42 bits per heavy atom. The zero-order chi connectivity index (χ0) is 16.5. The molecule has 0 aliphatic heterocycles. The van der Waals surface area contributed by atoms with Crippen molar-refractivity contribution in [1.82, 2.24) is 14.7 Å². The van der Waals surface area contributed by atoms with Crippen molar-refractivity contribution < 1.29 is 4.79 Å². The van der Waals surface area contributed by atoms with Crippen LogP contribution in [0.5, 0.6) is 0 Å². The van der Waals surface area contributed by atoms with Gasteiger partial charge in [-0.25, -0.2) is 0 Å². The Kier molecular flexibility index (Phi) is 4.24. The van der Waals surface area contributed by atoms with E-state index in [4.69, 9.17) is 0 Å². The zero-order valence-corrected chi connectivity index (χ0v) is 15.1. The molecule has 1 aliphatic carbocycles. The van der Waals surface area contributed by atoms with Gasteiger partial charge < -0.3 is 4.90 Å². The Balaban J connectivity index is 1.49. The number of aromatic nitrogens is 2. The van der Waals surface area contributed by atoms with Crippen molar-refractivity contribution in [2.24, 2.45) is 13.0 Å². The van der Waals surface area contributed by atoms with Gasteiger partial charge in [-0.05, 0) is 40.8 Å². The van der Waals surface area contributed by atoms with Crippen LogP contribution in [0.4, 0.5) is 0 Å². The van der Waals surface area contributed by atoms with Gasteiger partial charge in [0, 0.05) is 28.9 Å². The predicted octanol–water partition coefficient (Wildman–Crippen LogP) is 3.88. The zero-order valence-electron chi connectivity index (χ0n) is 13.5. The van der Waals surface area contributed by atoms with Crippen LogP contribution < -0.4 is 0 Å². The molecule has 4 nitrogen and oxygen atoms in total. The fraction of sp³-hybridized carbons (Fsp3) is 0.333. The summed E-state index contributed by atoms with van der Waals surface area (Å²) in [5.41, 5.74) is 1.18. The molecule has 24 heavy (non-hydrogen) atoms. The number of carbonyl (C=O) groups excluding carboxylic acids is 1. The van der Waals surface area contributed by atoms with E-state index in [0.29, 0.717) is 19.0 Å². The number of hydrogen-bond acceptors (Lipinski definition) is 4. The van der Waals surface area contributed by atoms with E-state index < -0.39 is 0 Å². The van der Waals surface area contributed by atoms with Gasteiger partial charge in [-0.2, -0.15) is 5.10 Å². The first-order valence-corrected chi connectivity index (χ1v) is 9.79. The Bertz CT molecular complexity index is 771. The molecule has 0 spiro atoms. The fourth-order valence-electron chi connectivity index (χ4n) is 3.10. The summed E-state index contributed by atoms with van der Waals surface area (Å²) in [6.45, 7) is 1.40. The van der Waals surface area contributed by atoms with Crippen LogP contribution in [0.15, 0.2) is 47.4 Å². The molecule has 1 aliphatic rings. The standard InChI is InChI=1S/C18H19N3OS2/c1-20-10-13(9-19-20)16-8-17(16)18(22)21(11-14-4-2-6-23-14)12-15-5-3-7-24-15/h2-7,9-10,16-17H,8,11-12H2,1H3. The maximum absolute atomic E-state index is 13.1. The van der Waals surface area contributed by atoms with E-state index in [-0.39, 0.29) is 11.8 Å². The SMILES string of the molecule is Cn1cc(C2CC2C(=O)N(Cc2cccs2)Cc2cccs2)cn1. The molecule has 3 aromatic heterocycles. The molecule has 1 amide bonds. The second kappa shape index (κ2) is 6.53. The molecule has 0 saturated heterocycles. The molecule has 3 heterocycles. The summed E-state index contributed by atoms with van der Waals surface area (Å²) in [4.78, 5) is 17.5. The second-order valence-corrected chi connectivity index (χ2v) is 8.31. The van der Waals surface area contributed by atoms with E-state index in [2.05, 4.69) is 28.0 Å². The molecule has 124 valence electrons. The monoisotopic (exact) mass is 357 g/mol. The van der Waals surface area contributed by atoms with Crippen molar-refractivity contribution in [2.45, 2.75) is 25.4 Å². The lowest BCUT2D eigenvalue weighted by Crippen LogP contribution is -2.31. The van der Waals surface area contributed by atoms with Gasteiger partial charge in [-0.1, -0.05) is 12.1 Å². The number of thiophene rings is 2. The summed E-state index contributed by atoms with van der Waals surface area (Å²) in [6.07, 6.45) is 4.86. The summed E-state index contributed by atoms with van der Waals surface area (Å²) < 4.78 is 1.81. The molecule has 1 fully saturated rings. The predicted molar refractivity (Wildman–Crippen MR) is 96.9 cm³/mol. The average molecular weight is 358 g/mol. The first-order chi connectivity index (χ1) is 11.7. The van der Waals surface area contributed by atoms with Crippen LogP contribution in [-0.4, -0.2) is 20.6 Å². The Labute approximate surface area is 149 Å². The molecular weight excluding hydrogens is 338 g/mol. The van der Waals surface area contributed by atoms with Crippen LogP contribution in [-0.2, 0) is 24.9 Å². The molecule has 2 unspecified atom stereocenters. The average Bonchev–Trinajstić information content (AvgIpc) is 2.99. The van der Waals surface area contributed by atoms with E-state index in [1.54, 1.807) is 22.7 Å². The van der Waals surface area contributed by atoms with Crippen molar-refractivity contribution in [3.63, 3.8) is 0 Å². The highest BCUT2D eigenvalue weighted by atomic mass is 32.1. The summed E-state index contributed by atoms with van der Waals surface area (Å²) in [5.74, 6) is 0.708. The van der Waals surface area contributed by atoms with Crippen LogP contribution in [0.25, 0.3) is 0 Å². The third-order valence-corrected chi connectivity index (χ3v) is 6.15. The summed E-state index contributed by atoms with van der Waals surface area (Å²) in [5, 5.41) is 8.37. The molecule has 0 N–H and O–H groups in total. The molecule has 1 saturated carbocycles. The van der Waals surface area contributed by atoms with E-state index in [1.165, 1.54) is 15.3 Å². The van der Waals surface area contributed by atoms with Gasteiger partial charge in [-0.3, -0.25) is 9.48 Å². The highest BCUT2D eigenvalue weighted by Crippen LogP contribution is 2.48. The van der Waals surface area contributed by atoms with Crippen LogP contribution in [0.3, 0.4) is 0 Å². The number of rotatable bonds is 6. The van der Waals surface area contributed by atoms with E-state index >= 15 is 0 Å². The van der Waals surface area contributed by atoms with E-state index in [9.17, 15) is 4.79 Å². The van der Waals surface area contributed by atoms with Crippen molar-refractivity contribution in [1.29, 1.82) is 0 Å². The van der Waals surface area contributed by atoms with Gasteiger partial charge in [0.05, 0.1) is 19.3 Å². The highest BCUT2D eigenvalue weighted by molar-refractivity contribution is 7.10. The minimum Gasteiger partial charge on any atom is -0.332 e. The summed E-state index contributed by atoms with van der Waals surface area (Å²) in [6, 6.07) is 8.29. The van der Waals surface area contributed by atoms with Gasteiger partial charge in [0.1, 0.15) is 0 Å². The van der Waals surface area contributed by atoms with Crippen LogP contribution in [0.1, 0.15) is 27.7 Å². The number of carbonyl (C=O) groups is 1. The summed E-state index contributed by atoms with van der Waals surface area (Å²) >= 11 is 3.42. The van der Waals surface area contributed by atoms with Crippen molar-refractivity contribution in [3.8, 4) is 0 Å². The van der Waals surface area contributed by atoms with Crippen LogP contribution in [0.2, 0.25) is 0 Å². The quantitative estimate of drug-likeness (QED) is 0.671. The molecule has 2 atom stereocenters. The van der Waals surface area contributed by atoms with Gasteiger partial charge >= 0.3 is 0 Å². The van der Waals surface area contributed by atoms with E-state index in [0.717, 1.165) is 6.42 Å². The maximum Gasteiger partial charge on any atom is 0.226 e. The molecule has 0 aromatic carbocycles. The van der Waals surface area contributed by atoms with Crippen molar-refractivity contribution >= 4 is 28.6 Å². The highest BCUT2D eigenvalue weighted by Gasteiger charge is 2.46. The Morgan fingerprint density at radius 2 is 1.92 bits per heavy atom. The fourth-order valence-corrected chi connectivity index (χ4v) is 4.53. The topological polar surface area (TPSA) is 38.1 Å².